The summed E-state index contributed by atoms with van der Waals surface area (Å²) in [6.07, 6.45) is 2.07. The third-order valence-electron chi connectivity index (χ3n) is 5.77. The predicted molar refractivity (Wildman–Crippen MR) is 106 cm³/mol. The van der Waals surface area contributed by atoms with Gasteiger partial charge in [-0.1, -0.05) is 12.1 Å². The molecule has 0 radical (unpaired) electrons. The highest BCUT2D eigenvalue weighted by molar-refractivity contribution is 5.84. The van der Waals surface area contributed by atoms with E-state index in [0.29, 0.717) is 19.6 Å². The molecule has 2 heterocycles. The van der Waals surface area contributed by atoms with E-state index in [-0.39, 0.29) is 24.5 Å². The van der Waals surface area contributed by atoms with Gasteiger partial charge in [0.2, 0.25) is 11.8 Å². The lowest BCUT2D eigenvalue weighted by atomic mass is 10.1. The monoisotopic (exact) mass is 373 g/mol. The molecule has 1 atom stereocenters. The van der Waals surface area contributed by atoms with E-state index in [1.54, 1.807) is 4.90 Å². The quantitative estimate of drug-likeness (QED) is 0.792. The van der Waals surface area contributed by atoms with Crippen molar-refractivity contribution in [2.75, 3.05) is 50.8 Å². The number of aryl methyl sites for hydroxylation is 1. The van der Waals surface area contributed by atoms with Gasteiger partial charge in [-0.15, -0.1) is 0 Å². The number of benzene rings is 1. The lowest BCUT2D eigenvalue weighted by Gasteiger charge is -2.38. The van der Waals surface area contributed by atoms with E-state index in [1.165, 1.54) is 23.7 Å². The highest BCUT2D eigenvalue weighted by atomic mass is 16.5. The molecular weight excluding hydrogens is 342 g/mol. The highest BCUT2D eigenvalue weighted by Gasteiger charge is 2.26. The van der Waals surface area contributed by atoms with Crippen LogP contribution in [-0.4, -0.2) is 73.6 Å². The van der Waals surface area contributed by atoms with Gasteiger partial charge in [0.05, 0.1) is 12.6 Å². The first-order valence-corrected chi connectivity index (χ1v) is 9.91. The zero-order chi connectivity index (χ0) is 19.4. The van der Waals surface area contributed by atoms with Crippen molar-refractivity contribution in [3.05, 3.63) is 29.3 Å². The Labute approximate surface area is 162 Å². The molecule has 148 valence electrons. The number of ether oxygens (including phenoxy) is 1. The minimum atomic E-state index is -0.0622. The van der Waals surface area contributed by atoms with E-state index >= 15 is 0 Å². The lowest BCUT2D eigenvalue weighted by Crippen LogP contribution is -2.52. The van der Waals surface area contributed by atoms with E-state index in [2.05, 4.69) is 36.9 Å². The third kappa shape index (κ3) is 4.80. The predicted octanol–water partition coefficient (Wildman–Crippen LogP) is 1.98. The molecule has 2 saturated heterocycles. The molecule has 27 heavy (non-hydrogen) atoms. The van der Waals surface area contributed by atoms with Crippen molar-refractivity contribution in [3.8, 4) is 0 Å². The Morgan fingerprint density at radius 3 is 2.56 bits per heavy atom. The van der Waals surface area contributed by atoms with Crippen LogP contribution in [0.5, 0.6) is 0 Å². The molecule has 2 aliphatic heterocycles. The maximum Gasteiger partial charge on any atom is 0.242 e. The maximum absolute atomic E-state index is 12.7. The highest BCUT2D eigenvalue weighted by Crippen LogP contribution is 2.24. The third-order valence-corrected chi connectivity index (χ3v) is 5.77. The average molecular weight is 373 g/mol. The summed E-state index contributed by atoms with van der Waals surface area (Å²) in [5, 5.41) is 0. The molecule has 0 bridgehead atoms. The van der Waals surface area contributed by atoms with E-state index in [0.717, 1.165) is 32.5 Å². The van der Waals surface area contributed by atoms with Crippen LogP contribution in [0.4, 0.5) is 5.69 Å². The Morgan fingerprint density at radius 1 is 1.19 bits per heavy atom. The van der Waals surface area contributed by atoms with Gasteiger partial charge in [-0.2, -0.15) is 0 Å². The molecule has 3 rings (SSSR count). The topological polar surface area (TPSA) is 53.1 Å². The molecule has 2 fully saturated rings. The van der Waals surface area contributed by atoms with Crippen LogP contribution < -0.4 is 4.90 Å². The van der Waals surface area contributed by atoms with E-state index in [4.69, 9.17) is 4.74 Å². The Hall–Kier alpha value is -2.08. The summed E-state index contributed by atoms with van der Waals surface area (Å²) in [6, 6.07) is 6.37. The summed E-state index contributed by atoms with van der Waals surface area (Å²) >= 11 is 0. The van der Waals surface area contributed by atoms with Crippen molar-refractivity contribution in [3.63, 3.8) is 0 Å². The number of amides is 2. The van der Waals surface area contributed by atoms with Gasteiger partial charge in [-0.3, -0.25) is 9.59 Å². The zero-order valence-corrected chi connectivity index (χ0v) is 16.7. The van der Waals surface area contributed by atoms with Crippen molar-refractivity contribution in [2.24, 2.45) is 0 Å². The van der Waals surface area contributed by atoms with Crippen LogP contribution in [0.25, 0.3) is 0 Å². The second-order valence-corrected chi connectivity index (χ2v) is 7.62. The van der Waals surface area contributed by atoms with E-state index in [9.17, 15) is 9.59 Å². The Kier molecular flexibility index (Phi) is 6.37. The van der Waals surface area contributed by atoms with Crippen molar-refractivity contribution in [1.29, 1.82) is 0 Å². The smallest absolute Gasteiger partial charge is 0.242 e. The van der Waals surface area contributed by atoms with Crippen LogP contribution in [0.2, 0.25) is 0 Å². The number of carbonyl (C=O) groups excluding carboxylic acids is 2. The number of nitrogens with zero attached hydrogens (tertiary/aromatic N) is 3. The standard InChI is InChI=1S/C21H31N3O3/c1-16-6-4-8-20(17(16)2)22-9-11-23(12-10-22)21(26)15-24(18(3)25)14-19-7-5-13-27-19/h4,6,8,19H,5,7,9-15H2,1-3H3. The van der Waals surface area contributed by atoms with E-state index in [1.807, 2.05) is 4.90 Å². The molecule has 2 aliphatic rings. The molecular formula is C21H31N3O3. The molecule has 2 amide bonds. The second kappa shape index (κ2) is 8.74. The number of rotatable bonds is 5. The number of carbonyl (C=O) groups is 2. The van der Waals surface area contributed by atoms with Gasteiger partial charge in [0.15, 0.2) is 0 Å². The van der Waals surface area contributed by atoms with Crippen molar-refractivity contribution in [1.82, 2.24) is 9.80 Å². The fraction of sp³-hybridized carbons (Fsp3) is 0.619. The van der Waals surface area contributed by atoms with E-state index < -0.39 is 0 Å². The van der Waals surface area contributed by atoms with Gasteiger partial charge in [0.1, 0.15) is 0 Å². The van der Waals surface area contributed by atoms with Crippen LogP contribution in [0.3, 0.4) is 0 Å². The molecule has 6 nitrogen and oxygen atoms in total. The average Bonchev–Trinajstić information content (AvgIpc) is 3.16. The molecule has 0 N–H and O–H groups in total. The molecule has 0 spiro atoms. The fourth-order valence-electron chi connectivity index (χ4n) is 3.88. The normalized spacial score (nSPS) is 20.0. The molecule has 1 aromatic carbocycles. The molecule has 1 unspecified atom stereocenters. The maximum atomic E-state index is 12.7. The second-order valence-electron chi connectivity index (χ2n) is 7.62. The molecule has 0 aliphatic carbocycles. The van der Waals surface area contributed by atoms with Crippen molar-refractivity contribution < 1.29 is 14.3 Å². The summed E-state index contributed by atoms with van der Waals surface area (Å²) in [6.45, 7) is 10.3. The number of hydrogen-bond acceptors (Lipinski definition) is 4. The molecule has 0 saturated carbocycles. The van der Waals surface area contributed by atoms with Crippen LogP contribution in [0.15, 0.2) is 18.2 Å². The Balaban J connectivity index is 1.54. The number of anilines is 1. The number of hydrogen-bond donors (Lipinski definition) is 0. The first kappa shape index (κ1) is 19.7. The number of piperazine rings is 1. The van der Waals surface area contributed by atoms with Crippen LogP contribution in [-0.2, 0) is 14.3 Å². The van der Waals surface area contributed by atoms with Gasteiger partial charge >= 0.3 is 0 Å². The van der Waals surface area contributed by atoms with Crippen molar-refractivity contribution >= 4 is 17.5 Å². The summed E-state index contributed by atoms with van der Waals surface area (Å²) in [5.74, 6) is -0.0308. The van der Waals surface area contributed by atoms with Crippen LogP contribution in [0, 0.1) is 13.8 Å². The summed E-state index contributed by atoms with van der Waals surface area (Å²) in [5.41, 5.74) is 3.85. The van der Waals surface area contributed by atoms with Crippen LogP contribution >= 0.6 is 0 Å². The summed E-state index contributed by atoms with van der Waals surface area (Å²) < 4.78 is 5.62. The first-order chi connectivity index (χ1) is 13.0. The van der Waals surface area contributed by atoms with Gasteiger partial charge in [-0.25, -0.2) is 0 Å². The van der Waals surface area contributed by atoms with Gasteiger partial charge in [-0.05, 0) is 43.9 Å². The lowest BCUT2D eigenvalue weighted by molar-refractivity contribution is -0.140. The minimum absolute atomic E-state index is 0.0313. The van der Waals surface area contributed by atoms with Gasteiger partial charge in [0.25, 0.3) is 0 Å². The summed E-state index contributed by atoms with van der Waals surface area (Å²) in [4.78, 5) is 30.5. The summed E-state index contributed by atoms with van der Waals surface area (Å²) in [7, 11) is 0. The Morgan fingerprint density at radius 2 is 1.93 bits per heavy atom. The fourth-order valence-corrected chi connectivity index (χ4v) is 3.88. The Bertz CT molecular complexity index is 677. The first-order valence-electron chi connectivity index (χ1n) is 9.91. The van der Waals surface area contributed by atoms with Gasteiger partial charge in [0, 0.05) is 51.9 Å². The molecule has 1 aromatic rings. The van der Waals surface area contributed by atoms with Crippen molar-refractivity contribution in [2.45, 2.75) is 39.7 Å². The molecule has 6 heteroatoms. The largest absolute Gasteiger partial charge is 0.376 e. The molecule has 0 aromatic heterocycles. The van der Waals surface area contributed by atoms with Crippen LogP contribution in [0.1, 0.15) is 30.9 Å². The minimum Gasteiger partial charge on any atom is -0.376 e. The van der Waals surface area contributed by atoms with Gasteiger partial charge < -0.3 is 19.4 Å². The SMILES string of the molecule is CC(=O)N(CC(=O)N1CCN(c2cccc(C)c2C)CC1)CC1CCCO1. The zero-order valence-electron chi connectivity index (χ0n) is 16.7.